The van der Waals surface area contributed by atoms with Crippen molar-refractivity contribution in [1.82, 2.24) is 0 Å². The lowest BCUT2D eigenvalue weighted by Gasteiger charge is -2.35. The quantitative estimate of drug-likeness (QED) is 0.607. The monoisotopic (exact) mass is 329 g/mol. The third-order valence-electron chi connectivity index (χ3n) is 3.48. The first-order valence-electron chi connectivity index (χ1n) is 7.15. The van der Waals surface area contributed by atoms with Crippen LogP contribution in [0.5, 0.6) is 0 Å². The molecule has 0 aliphatic carbocycles. The Labute approximate surface area is 125 Å². The van der Waals surface area contributed by atoms with Crippen LogP contribution >= 0.6 is 15.9 Å². The molecule has 0 aromatic heterocycles. The van der Waals surface area contributed by atoms with Crippen LogP contribution < -0.4 is 4.90 Å². The first kappa shape index (κ1) is 16.5. The molecule has 108 valence electrons. The number of anilines is 1. The predicted molar refractivity (Wildman–Crippen MR) is 85.6 cm³/mol. The molecule has 1 nitrogen and oxygen atoms in total. The molecule has 0 unspecified atom stereocenters. The van der Waals surface area contributed by atoms with E-state index in [1.807, 2.05) is 12.1 Å². The molecule has 0 fully saturated rings. The highest BCUT2D eigenvalue weighted by atomic mass is 79.9. The van der Waals surface area contributed by atoms with E-state index in [1.54, 1.807) is 6.07 Å². The summed E-state index contributed by atoms with van der Waals surface area (Å²) in [5, 5.41) is 0.559. The lowest BCUT2D eigenvalue weighted by Crippen LogP contribution is -2.38. The number of hydrogen-bond acceptors (Lipinski definition) is 1. The number of rotatable bonds is 7. The molecule has 0 radical (unpaired) electrons. The van der Waals surface area contributed by atoms with Crippen LogP contribution in [0, 0.1) is 11.7 Å². The summed E-state index contributed by atoms with van der Waals surface area (Å²) >= 11 is 3.42. The molecule has 0 amide bonds. The van der Waals surface area contributed by atoms with Crippen molar-refractivity contribution >= 4 is 21.6 Å². The van der Waals surface area contributed by atoms with Crippen molar-refractivity contribution in [2.75, 3.05) is 11.4 Å². The molecular weight excluding hydrogens is 305 g/mol. The molecule has 0 heterocycles. The van der Waals surface area contributed by atoms with Gasteiger partial charge in [0.1, 0.15) is 5.82 Å². The van der Waals surface area contributed by atoms with Gasteiger partial charge in [-0.05, 0) is 30.9 Å². The van der Waals surface area contributed by atoms with Gasteiger partial charge >= 0.3 is 0 Å². The normalized spacial score (nSPS) is 11.4. The van der Waals surface area contributed by atoms with Gasteiger partial charge in [-0.2, -0.15) is 0 Å². The van der Waals surface area contributed by atoms with E-state index in [0.717, 1.165) is 30.6 Å². The van der Waals surface area contributed by atoms with Crippen molar-refractivity contribution in [3.05, 3.63) is 29.6 Å². The van der Waals surface area contributed by atoms with Crippen LogP contribution in [0.1, 0.15) is 46.1 Å². The Morgan fingerprint density at radius 3 is 2.32 bits per heavy atom. The standard InChI is InChI=1S/C16H25BrFN/c1-5-13(6-2)19(11-12(3)4)16-9-7-8-15(18)14(16)10-17/h7-9,12-13H,5-6,10-11H2,1-4H3. The highest BCUT2D eigenvalue weighted by Gasteiger charge is 2.20. The molecule has 3 heteroatoms. The second kappa shape index (κ2) is 7.88. The molecule has 0 saturated carbocycles. The minimum Gasteiger partial charge on any atom is -0.368 e. The smallest absolute Gasteiger partial charge is 0.129 e. The van der Waals surface area contributed by atoms with Gasteiger partial charge in [-0.15, -0.1) is 0 Å². The SMILES string of the molecule is CCC(CC)N(CC(C)C)c1cccc(F)c1CBr. The van der Waals surface area contributed by atoms with Crippen LogP contribution in [0.2, 0.25) is 0 Å². The lowest BCUT2D eigenvalue weighted by molar-refractivity contribution is 0.504. The van der Waals surface area contributed by atoms with E-state index in [-0.39, 0.29) is 5.82 Å². The Morgan fingerprint density at radius 2 is 1.84 bits per heavy atom. The summed E-state index contributed by atoms with van der Waals surface area (Å²) in [7, 11) is 0. The van der Waals surface area contributed by atoms with Gasteiger partial charge < -0.3 is 4.90 Å². The highest BCUT2D eigenvalue weighted by Crippen LogP contribution is 2.29. The van der Waals surface area contributed by atoms with Crippen molar-refractivity contribution in [2.24, 2.45) is 5.92 Å². The fourth-order valence-electron chi connectivity index (χ4n) is 2.52. The van der Waals surface area contributed by atoms with Gasteiger partial charge in [0, 0.05) is 29.2 Å². The fraction of sp³-hybridized carbons (Fsp3) is 0.625. The van der Waals surface area contributed by atoms with Gasteiger partial charge in [-0.3, -0.25) is 0 Å². The van der Waals surface area contributed by atoms with Gasteiger partial charge in [-0.25, -0.2) is 4.39 Å². The maximum Gasteiger partial charge on any atom is 0.129 e. The Morgan fingerprint density at radius 1 is 1.21 bits per heavy atom. The predicted octanol–water partition coefficient (Wildman–Crippen LogP) is 5.37. The van der Waals surface area contributed by atoms with Crippen molar-refractivity contribution in [3.8, 4) is 0 Å². The zero-order chi connectivity index (χ0) is 14.4. The molecule has 0 atom stereocenters. The molecule has 1 aromatic carbocycles. The van der Waals surface area contributed by atoms with Gasteiger partial charge in [0.15, 0.2) is 0 Å². The maximum absolute atomic E-state index is 14.0. The molecule has 1 aromatic rings. The molecule has 19 heavy (non-hydrogen) atoms. The van der Waals surface area contributed by atoms with E-state index in [2.05, 4.69) is 48.5 Å². The van der Waals surface area contributed by atoms with Crippen molar-refractivity contribution in [1.29, 1.82) is 0 Å². The van der Waals surface area contributed by atoms with Gasteiger partial charge in [0.05, 0.1) is 0 Å². The summed E-state index contributed by atoms with van der Waals surface area (Å²) in [6.45, 7) is 9.80. The summed E-state index contributed by atoms with van der Waals surface area (Å²) < 4.78 is 14.0. The topological polar surface area (TPSA) is 3.24 Å². The number of benzene rings is 1. The second-order valence-corrected chi connectivity index (χ2v) is 5.95. The van der Waals surface area contributed by atoms with E-state index < -0.39 is 0 Å². The largest absolute Gasteiger partial charge is 0.368 e. The third-order valence-corrected chi connectivity index (χ3v) is 4.04. The Hall–Kier alpha value is -0.570. The van der Waals surface area contributed by atoms with Crippen molar-refractivity contribution in [3.63, 3.8) is 0 Å². The summed E-state index contributed by atoms with van der Waals surface area (Å²) in [6, 6.07) is 5.87. The summed E-state index contributed by atoms with van der Waals surface area (Å²) in [4.78, 5) is 2.38. The third kappa shape index (κ3) is 4.20. The van der Waals surface area contributed by atoms with E-state index in [9.17, 15) is 4.39 Å². The molecule has 1 rings (SSSR count). The van der Waals surface area contributed by atoms with E-state index in [1.165, 1.54) is 0 Å². The molecule has 0 N–H and O–H groups in total. The van der Waals surface area contributed by atoms with Crippen LogP contribution in [0.25, 0.3) is 0 Å². The van der Waals surface area contributed by atoms with Crippen LogP contribution in [-0.2, 0) is 5.33 Å². The van der Waals surface area contributed by atoms with E-state index >= 15 is 0 Å². The van der Waals surface area contributed by atoms with Gasteiger partial charge in [0.25, 0.3) is 0 Å². The Kier molecular flexibility index (Phi) is 6.84. The lowest BCUT2D eigenvalue weighted by atomic mass is 10.0. The Bertz CT molecular complexity index is 388. The maximum atomic E-state index is 14.0. The van der Waals surface area contributed by atoms with Crippen molar-refractivity contribution in [2.45, 2.75) is 51.9 Å². The summed E-state index contributed by atoms with van der Waals surface area (Å²) in [6.07, 6.45) is 2.17. The second-order valence-electron chi connectivity index (χ2n) is 5.39. The van der Waals surface area contributed by atoms with Gasteiger partial charge in [0.2, 0.25) is 0 Å². The Balaban J connectivity index is 3.19. The molecule has 0 saturated heterocycles. The first-order chi connectivity index (χ1) is 9.04. The molecule has 0 aliphatic heterocycles. The van der Waals surface area contributed by atoms with Crippen LogP contribution in [0.3, 0.4) is 0 Å². The molecule has 0 spiro atoms. The summed E-state index contributed by atoms with van der Waals surface area (Å²) in [5.74, 6) is 0.445. The number of halogens is 2. The molecule has 0 aliphatic rings. The molecular formula is C16H25BrFN. The average molecular weight is 330 g/mol. The van der Waals surface area contributed by atoms with E-state index in [4.69, 9.17) is 0 Å². The van der Waals surface area contributed by atoms with Crippen LogP contribution in [-0.4, -0.2) is 12.6 Å². The number of hydrogen-bond donors (Lipinski definition) is 0. The minimum absolute atomic E-state index is 0.117. The van der Waals surface area contributed by atoms with Crippen LogP contribution in [0.4, 0.5) is 10.1 Å². The first-order valence-corrected chi connectivity index (χ1v) is 8.27. The zero-order valence-electron chi connectivity index (χ0n) is 12.4. The minimum atomic E-state index is -0.117. The van der Waals surface area contributed by atoms with E-state index in [0.29, 0.717) is 17.3 Å². The molecule has 0 bridgehead atoms. The zero-order valence-corrected chi connectivity index (χ0v) is 14.0. The summed E-state index contributed by atoms with van der Waals surface area (Å²) in [5.41, 5.74) is 1.81. The number of nitrogens with zero attached hydrogens (tertiary/aromatic N) is 1. The average Bonchev–Trinajstić information content (AvgIpc) is 2.38. The fourth-order valence-corrected chi connectivity index (χ4v) is 3.07. The number of alkyl halides is 1. The van der Waals surface area contributed by atoms with Gasteiger partial charge in [-0.1, -0.05) is 49.7 Å². The van der Waals surface area contributed by atoms with Crippen LogP contribution in [0.15, 0.2) is 18.2 Å². The van der Waals surface area contributed by atoms with Crippen molar-refractivity contribution < 1.29 is 4.39 Å². The highest BCUT2D eigenvalue weighted by molar-refractivity contribution is 9.08.